The second-order valence-electron chi connectivity index (χ2n) is 7.37. The first-order valence-corrected chi connectivity index (χ1v) is 12.9. The first-order valence-electron chi connectivity index (χ1n) is 10.3. The van der Waals surface area contributed by atoms with E-state index in [1.54, 1.807) is 55.5 Å². The molecule has 0 radical (unpaired) electrons. The molecule has 5 nitrogen and oxygen atoms in total. The van der Waals surface area contributed by atoms with Crippen LogP contribution in [0.2, 0.25) is 10.0 Å². The van der Waals surface area contributed by atoms with Crippen molar-refractivity contribution in [1.82, 2.24) is 4.98 Å². The number of carbonyl (C=O) groups is 2. The monoisotopic (exact) mass is 545 g/mol. The number of thioether (sulfide) groups is 1. The Morgan fingerprint density at radius 3 is 2.49 bits per heavy atom. The Bertz CT molecular complexity index is 1380. The second kappa shape index (κ2) is 11.2. The molecule has 0 saturated carbocycles. The molecule has 178 valence electrons. The van der Waals surface area contributed by atoms with Gasteiger partial charge in [0.25, 0.3) is 5.91 Å². The highest BCUT2D eigenvalue weighted by Gasteiger charge is 2.17. The maximum atomic E-state index is 13.8. The number of rotatable bonds is 7. The van der Waals surface area contributed by atoms with Gasteiger partial charge in [0.15, 0.2) is 5.13 Å². The smallest absolute Gasteiger partial charge is 0.258 e. The fraction of sp³-hybridized carbons (Fsp3) is 0.0800. The lowest BCUT2D eigenvalue weighted by Gasteiger charge is -2.11. The molecule has 2 amide bonds. The van der Waals surface area contributed by atoms with E-state index in [0.29, 0.717) is 26.6 Å². The molecule has 0 bridgehead atoms. The summed E-state index contributed by atoms with van der Waals surface area (Å²) in [7, 11) is 0. The second-order valence-corrected chi connectivity index (χ2v) is 10.5. The molecule has 0 aliphatic heterocycles. The fourth-order valence-corrected chi connectivity index (χ4v) is 5.16. The zero-order valence-electron chi connectivity index (χ0n) is 18.2. The highest BCUT2D eigenvalue weighted by Crippen LogP contribution is 2.33. The Morgan fingerprint density at radius 2 is 1.77 bits per heavy atom. The third-order valence-corrected chi connectivity index (χ3v) is 7.27. The van der Waals surface area contributed by atoms with E-state index < -0.39 is 17.0 Å². The van der Waals surface area contributed by atoms with Crippen LogP contribution in [0.15, 0.2) is 77.0 Å². The van der Waals surface area contributed by atoms with Crippen LogP contribution in [0.3, 0.4) is 0 Å². The summed E-state index contributed by atoms with van der Waals surface area (Å²) < 4.78 is 13.8. The lowest BCUT2D eigenvalue weighted by molar-refractivity contribution is -0.115. The lowest BCUT2D eigenvalue weighted by atomic mass is 10.2. The molecule has 0 aliphatic rings. The Labute approximate surface area is 219 Å². The molecule has 1 aromatic heterocycles. The third kappa shape index (κ3) is 6.41. The molecule has 4 aromatic rings. The average Bonchev–Trinajstić information content (AvgIpc) is 3.28. The molecule has 0 saturated heterocycles. The number of benzene rings is 3. The van der Waals surface area contributed by atoms with Crippen molar-refractivity contribution in [1.29, 1.82) is 0 Å². The van der Waals surface area contributed by atoms with Gasteiger partial charge < -0.3 is 10.6 Å². The number of halogens is 3. The van der Waals surface area contributed by atoms with Gasteiger partial charge in [0, 0.05) is 26.5 Å². The van der Waals surface area contributed by atoms with Crippen LogP contribution in [0.1, 0.15) is 17.3 Å². The molecule has 1 unspecified atom stereocenters. The standard InChI is InChI=1S/C25H18Cl2FN3O2S2/c1-14(23(32)31-25-30-22(13-34-25)18-11-6-15(26)12-20(18)27)35-17-9-7-16(8-10-17)29-24(33)19-4-2-3-5-21(19)28/h2-14H,1H3,(H,29,33)(H,30,31,32). The Balaban J connectivity index is 1.34. The van der Waals surface area contributed by atoms with Gasteiger partial charge in [-0.15, -0.1) is 23.1 Å². The Hall–Kier alpha value is -2.91. The number of hydrogen-bond donors (Lipinski definition) is 2. The Morgan fingerprint density at radius 1 is 1.03 bits per heavy atom. The minimum atomic E-state index is -0.583. The summed E-state index contributed by atoms with van der Waals surface area (Å²) in [5.41, 5.74) is 1.88. The average molecular weight is 546 g/mol. The van der Waals surface area contributed by atoms with Gasteiger partial charge in [-0.05, 0) is 61.5 Å². The van der Waals surface area contributed by atoms with Gasteiger partial charge in [0.05, 0.1) is 21.5 Å². The number of anilines is 2. The number of nitrogens with one attached hydrogen (secondary N) is 2. The number of carbonyl (C=O) groups excluding carboxylic acids is 2. The molecule has 3 aromatic carbocycles. The molecular weight excluding hydrogens is 528 g/mol. The normalized spacial score (nSPS) is 11.7. The molecule has 1 heterocycles. The van der Waals surface area contributed by atoms with Crippen LogP contribution in [0.4, 0.5) is 15.2 Å². The van der Waals surface area contributed by atoms with Gasteiger partial charge in [0.1, 0.15) is 5.82 Å². The van der Waals surface area contributed by atoms with Crippen LogP contribution in [0, 0.1) is 5.82 Å². The number of nitrogens with zero attached hydrogens (tertiary/aromatic N) is 1. The van der Waals surface area contributed by atoms with E-state index in [1.807, 2.05) is 5.38 Å². The highest BCUT2D eigenvalue weighted by molar-refractivity contribution is 8.00. The molecule has 0 fully saturated rings. The van der Waals surface area contributed by atoms with Crippen molar-refractivity contribution >= 4 is 68.9 Å². The number of aromatic nitrogens is 1. The van der Waals surface area contributed by atoms with E-state index in [4.69, 9.17) is 23.2 Å². The van der Waals surface area contributed by atoms with Crippen molar-refractivity contribution < 1.29 is 14.0 Å². The highest BCUT2D eigenvalue weighted by atomic mass is 35.5. The minimum absolute atomic E-state index is 0.0278. The van der Waals surface area contributed by atoms with Crippen LogP contribution < -0.4 is 10.6 Å². The van der Waals surface area contributed by atoms with Crippen molar-refractivity contribution in [2.24, 2.45) is 0 Å². The van der Waals surface area contributed by atoms with Crippen molar-refractivity contribution in [2.45, 2.75) is 17.1 Å². The van der Waals surface area contributed by atoms with Crippen LogP contribution in [0.25, 0.3) is 11.3 Å². The number of amides is 2. The quantitative estimate of drug-likeness (QED) is 0.234. The summed E-state index contributed by atoms with van der Waals surface area (Å²) in [5, 5.41) is 8.40. The van der Waals surface area contributed by atoms with Gasteiger partial charge in [0.2, 0.25) is 5.91 Å². The van der Waals surface area contributed by atoms with E-state index in [2.05, 4.69) is 15.6 Å². The molecule has 1 atom stereocenters. The van der Waals surface area contributed by atoms with Crippen LogP contribution in [-0.2, 0) is 4.79 Å². The number of hydrogen-bond acceptors (Lipinski definition) is 5. The van der Waals surface area contributed by atoms with E-state index in [0.717, 1.165) is 10.5 Å². The zero-order valence-corrected chi connectivity index (χ0v) is 21.4. The first-order chi connectivity index (χ1) is 16.8. The largest absolute Gasteiger partial charge is 0.322 e. The summed E-state index contributed by atoms with van der Waals surface area (Å²) >= 11 is 14.9. The first kappa shape index (κ1) is 25.2. The summed E-state index contributed by atoms with van der Waals surface area (Å²) in [4.78, 5) is 30.2. The number of thiazole rings is 1. The van der Waals surface area contributed by atoms with Crippen molar-refractivity contribution in [3.05, 3.63) is 93.5 Å². The minimum Gasteiger partial charge on any atom is -0.322 e. The molecular formula is C25H18Cl2FN3O2S2. The van der Waals surface area contributed by atoms with Crippen molar-refractivity contribution in [3.63, 3.8) is 0 Å². The molecule has 10 heteroatoms. The van der Waals surface area contributed by atoms with E-state index in [1.165, 1.54) is 41.3 Å². The summed E-state index contributed by atoms with van der Waals surface area (Å²) in [6.45, 7) is 1.79. The van der Waals surface area contributed by atoms with Gasteiger partial charge in [-0.25, -0.2) is 9.37 Å². The molecule has 2 N–H and O–H groups in total. The van der Waals surface area contributed by atoms with Crippen LogP contribution >= 0.6 is 46.3 Å². The maximum Gasteiger partial charge on any atom is 0.258 e. The van der Waals surface area contributed by atoms with Gasteiger partial charge in [-0.2, -0.15) is 0 Å². The van der Waals surface area contributed by atoms with Crippen molar-refractivity contribution in [3.8, 4) is 11.3 Å². The van der Waals surface area contributed by atoms with E-state index in [-0.39, 0.29) is 11.5 Å². The molecule has 4 rings (SSSR count). The SMILES string of the molecule is CC(Sc1ccc(NC(=O)c2ccccc2F)cc1)C(=O)Nc1nc(-c2ccc(Cl)cc2Cl)cs1. The molecule has 35 heavy (non-hydrogen) atoms. The predicted octanol–water partition coefficient (Wildman–Crippen LogP) is 7.63. The van der Waals surface area contributed by atoms with Gasteiger partial charge >= 0.3 is 0 Å². The maximum absolute atomic E-state index is 13.8. The predicted molar refractivity (Wildman–Crippen MR) is 142 cm³/mol. The topological polar surface area (TPSA) is 71.1 Å². The summed E-state index contributed by atoms with van der Waals surface area (Å²) in [6, 6.07) is 17.9. The third-order valence-electron chi connectivity index (χ3n) is 4.85. The lowest BCUT2D eigenvalue weighted by Crippen LogP contribution is -2.22. The zero-order chi connectivity index (χ0) is 24.9. The van der Waals surface area contributed by atoms with E-state index >= 15 is 0 Å². The fourth-order valence-electron chi connectivity index (χ4n) is 3.08. The van der Waals surface area contributed by atoms with Gasteiger partial charge in [-0.1, -0.05) is 35.3 Å². The van der Waals surface area contributed by atoms with E-state index in [9.17, 15) is 14.0 Å². The molecule has 0 spiro atoms. The Kier molecular flexibility index (Phi) is 8.07. The summed E-state index contributed by atoms with van der Waals surface area (Å²) in [5.74, 6) is -1.31. The van der Waals surface area contributed by atoms with Crippen LogP contribution in [-0.4, -0.2) is 22.0 Å². The van der Waals surface area contributed by atoms with Crippen molar-refractivity contribution in [2.75, 3.05) is 10.6 Å². The molecule has 0 aliphatic carbocycles. The van der Waals surface area contributed by atoms with Crippen LogP contribution in [0.5, 0.6) is 0 Å². The van der Waals surface area contributed by atoms with Gasteiger partial charge in [-0.3, -0.25) is 9.59 Å². The summed E-state index contributed by atoms with van der Waals surface area (Å²) in [6.07, 6.45) is 0.